The van der Waals surface area contributed by atoms with Crippen LogP contribution in [0.25, 0.3) is 0 Å². The van der Waals surface area contributed by atoms with Crippen LogP contribution in [0, 0.1) is 0 Å². The Hall–Kier alpha value is -2.37. The fraction of sp³-hybridized carbons (Fsp3) is 0.357. The van der Waals surface area contributed by atoms with E-state index in [1.807, 2.05) is 32.9 Å². The zero-order valence-electron chi connectivity index (χ0n) is 12.1. The average Bonchev–Trinajstić information content (AvgIpc) is 2.36. The van der Waals surface area contributed by atoms with Crippen LogP contribution in [0.1, 0.15) is 26.5 Å². The SMILES string of the molecule is Cn1c(Nc2ccc(N)cc2)nnc(C(C)(C)C)c1=O. The first-order valence-electron chi connectivity index (χ1n) is 6.36. The minimum absolute atomic E-state index is 0.148. The Labute approximate surface area is 117 Å². The fourth-order valence-corrected chi connectivity index (χ4v) is 1.74. The molecule has 0 aliphatic heterocycles. The second kappa shape index (κ2) is 4.96. The standard InChI is InChI=1S/C14H19N5O/c1-14(2,3)11-12(20)19(4)13(18-17-11)16-10-7-5-9(15)6-8-10/h5-8H,15H2,1-4H3,(H,16,18). The molecular formula is C14H19N5O. The summed E-state index contributed by atoms with van der Waals surface area (Å²) in [6, 6.07) is 7.19. The number of nitrogens with one attached hydrogen (secondary N) is 1. The first-order valence-corrected chi connectivity index (χ1v) is 6.36. The highest BCUT2D eigenvalue weighted by molar-refractivity contribution is 5.57. The monoisotopic (exact) mass is 273 g/mol. The zero-order chi connectivity index (χ0) is 14.9. The van der Waals surface area contributed by atoms with Gasteiger partial charge in [0.25, 0.3) is 5.56 Å². The van der Waals surface area contributed by atoms with Crippen LogP contribution in [0.3, 0.4) is 0 Å². The molecule has 0 saturated heterocycles. The molecule has 1 aromatic heterocycles. The summed E-state index contributed by atoms with van der Waals surface area (Å²) in [7, 11) is 1.67. The lowest BCUT2D eigenvalue weighted by molar-refractivity contribution is 0.536. The fourth-order valence-electron chi connectivity index (χ4n) is 1.74. The van der Waals surface area contributed by atoms with Gasteiger partial charge in [0.15, 0.2) is 0 Å². The smallest absolute Gasteiger partial charge is 0.277 e. The Morgan fingerprint density at radius 1 is 1.15 bits per heavy atom. The quantitative estimate of drug-likeness (QED) is 0.815. The summed E-state index contributed by atoms with van der Waals surface area (Å²) in [5, 5.41) is 11.2. The maximum Gasteiger partial charge on any atom is 0.277 e. The summed E-state index contributed by atoms with van der Waals surface area (Å²) >= 11 is 0. The van der Waals surface area contributed by atoms with Crippen LogP contribution in [0.4, 0.5) is 17.3 Å². The second-order valence-corrected chi connectivity index (χ2v) is 5.73. The van der Waals surface area contributed by atoms with Gasteiger partial charge in [-0.15, -0.1) is 10.2 Å². The van der Waals surface area contributed by atoms with Crippen molar-refractivity contribution >= 4 is 17.3 Å². The van der Waals surface area contributed by atoms with Crippen molar-refractivity contribution in [2.24, 2.45) is 7.05 Å². The summed E-state index contributed by atoms with van der Waals surface area (Å²) in [4.78, 5) is 12.3. The lowest BCUT2D eigenvalue weighted by Gasteiger charge is -2.18. The molecule has 0 radical (unpaired) electrons. The third kappa shape index (κ3) is 2.79. The summed E-state index contributed by atoms with van der Waals surface area (Å²) in [5.41, 5.74) is 7.08. The topological polar surface area (TPSA) is 85.8 Å². The van der Waals surface area contributed by atoms with E-state index in [1.165, 1.54) is 4.57 Å². The molecule has 3 N–H and O–H groups in total. The molecule has 0 unspecified atom stereocenters. The Bertz CT molecular complexity index is 667. The molecular weight excluding hydrogens is 254 g/mol. The number of nitrogen functional groups attached to an aromatic ring is 1. The van der Waals surface area contributed by atoms with Crippen molar-refractivity contribution in [1.29, 1.82) is 0 Å². The van der Waals surface area contributed by atoms with Gasteiger partial charge in [-0.3, -0.25) is 9.36 Å². The predicted molar refractivity (Wildman–Crippen MR) is 80.1 cm³/mol. The third-order valence-electron chi connectivity index (χ3n) is 2.95. The summed E-state index contributed by atoms with van der Waals surface area (Å²) in [5.74, 6) is 0.396. The Morgan fingerprint density at radius 3 is 2.30 bits per heavy atom. The molecule has 1 aromatic carbocycles. The van der Waals surface area contributed by atoms with Crippen LogP contribution in [0.5, 0.6) is 0 Å². The highest BCUT2D eigenvalue weighted by Crippen LogP contribution is 2.18. The molecule has 0 aliphatic rings. The van der Waals surface area contributed by atoms with E-state index in [1.54, 1.807) is 19.2 Å². The minimum Gasteiger partial charge on any atom is -0.399 e. The van der Waals surface area contributed by atoms with E-state index in [0.29, 0.717) is 17.3 Å². The number of nitrogens with zero attached hydrogens (tertiary/aromatic N) is 3. The number of nitrogens with two attached hydrogens (primary N) is 1. The first-order chi connectivity index (χ1) is 9.29. The lowest BCUT2D eigenvalue weighted by atomic mass is 9.93. The van der Waals surface area contributed by atoms with E-state index in [0.717, 1.165) is 5.69 Å². The van der Waals surface area contributed by atoms with Crippen molar-refractivity contribution in [2.45, 2.75) is 26.2 Å². The van der Waals surface area contributed by atoms with Crippen LogP contribution < -0.4 is 16.6 Å². The van der Waals surface area contributed by atoms with Gasteiger partial charge in [0.1, 0.15) is 5.69 Å². The molecule has 6 nitrogen and oxygen atoms in total. The molecule has 0 atom stereocenters. The van der Waals surface area contributed by atoms with Crippen molar-refractivity contribution in [3.63, 3.8) is 0 Å². The normalized spacial score (nSPS) is 11.4. The van der Waals surface area contributed by atoms with Crippen LogP contribution in [-0.2, 0) is 12.5 Å². The third-order valence-corrected chi connectivity index (χ3v) is 2.95. The molecule has 1 heterocycles. The van der Waals surface area contributed by atoms with Crippen molar-refractivity contribution < 1.29 is 0 Å². The molecule has 0 amide bonds. The summed E-state index contributed by atoms with van der Waals surface area (Å²) in [6.07, 6.45) is 0. The van der Waals surface area contributed by atoms with E-state index >= 15 is 0 Å². The Morgan fingerprint density at radius 2 is 1.75 bits per heavy atom. The van der Waals surface area contributed by atoms with Gasteiger partial charge < -0.3 is 11.1 Å². The van der Waals surface area contributed by atoms with Crippen LogP contribution >= 0.6 is 0 Å². The second-order valence-electron chi connectivity index (χ2n) is 5.73. The number of anilines is 3. The Balaban J connectivity index is 2.37. The van der Waals surface area contributed by atoms with E-state index in [4.69, 9.17) is 5.73 Å². The van der Waals surface area contributed by atoms with Gasteiger partial charge in [0, 0.05) is 23.8 Å². The van der Waals surface area contributed by atoms with Gasteiger partial charge in [-0.25, -0.2) is 0 Å². The lowest BCUT2D eigenvalue weighted by Crippen LogP contribution is -2.33. The first kappa shape index (κ1) is 14.0. The average molecular weight is 273 g/mol. The molecule has 2 aromatic rings. The van der Waals surface area contributed by atoms with E-state index in [9.17, 15) is 4.79 Å². The molecule has 20 heavy (non-hydrogen) atoms. The highest BCUT2D eigenvalue weighted by Gasteiger charge is 2.22. The Kier molecular flexibility index (Phi) is 3.48. The zero-order valence-corrected chi connectivity index (χ0v) is 12.1. The van der Waals surface area contributed by atoms with E-state index in [2.05, 4.69) is 15.5 Å². The highest BCUT2D eigenvalue weighted by atomic mass is 16.1. The number of rotatable bonds is 2. The van der Waals surface area contributed by atoms with Crippen LogP contribution in [0.2, 0.25) is 0 Å². The van der Waals surface area contributed by atoms with Crippen molar-refractivity contribution in [3.8, 4) is 0 Å². The largest absolute Gasteiger partial charge is 0.399 e. The van der Waals surface area contributed by atoms with Crippen molar-refractivity contribution in [3.05, 3.63) is 40.3 Å². The van der Waals surface area contributed by atoms with Gasteiger partial charge in [-0.1, -0.05) is 20.8 Å². The predicted octanol–water partition coefficient (Wildman–Crippen LogP) is 1.80. The van der Waals surface area contributed by atoms with E-state index < -0.39 is 0 Å². The van der Waals surface area contributed by atoms with Gasteiger partial charge in [-0.05, 0) is 24.3 Å². The van der Waals surface area contributed by atoms with E-state index in [-0.39, 0.29) is 11.0 Å². The molecule has 0 aliphatic carbocycles. The number of hydrogen-bond acceptors (Lipinski definition) is 5. The molecule has 2 rings (SSSR count). The van der Waals surface area contributed by atoms with Gasteiger partial charge in [0.05, 0.1) is 0 Å². The summed E-state index contributed by atoms with van der Waals surface area (Å²) in [6.45, 7) is 5.81. The van der Waals surface area contributed by atoms with Gasteiger partial charge >= 0.3 is 0 Å². The maximum absolute atomic E-state index is 12.3. The van der Waals surface area contributed by atoms with Crippen LogP contribution in [-0.4, -0.2) is 14.8 Å². The van der Waals surface area contributed by atoms with Gasteiger partial charge in [-0.2, -0.15) is 0 Å². The molecule has 0 spiro atoms. The van der Waals surface area contributed by atoms with Gasteiger partial charge in [0.2, 0.25) is 5.95 Å². The molecule has 0 bridgehead atoms. The van der Waals surface area contributed by atoms with Crippen molar-refractivity contribution in [1.82, 2.24) is 14.8 Å². The minimum atomic E-state index is -0.332. The molecule has 106 valence electrons. The van der Waals surface area contributed by atoms with Crippen molar-refractivity contribution in [2.75, 3.05) is 11.1 Å². The summed E-state index contributed by atoms with van der Waals surface area (Å²) < 4.78 is 1.46. The molecule has 0 fully saturated rings. The maximum atomic E-state index is 12.3. The molecule has 6 heteroatoms. The number of hydrogen-bond donors (Lipinski definition) is 2. The molecule has 0 saturated carbocycles. The number of benzene rings is 1. The number of aromatic nitrogens is 3. The van der Waals surface area contributed by atoms with Crippen LogP contribution in [0.15, 0.2) is 29.1 Å².